The Bertz CT molecular complexity index is 1140. The first-order valence-electron chi connectivity index (χ1n) is 8.42. The highest BCUT2D eigenvalue weighted by Gasteiger charge is 2.13. The van der Waals surface area contributed by atoms with Crippen LogP contribution in [-0.4, -0.2) is 17.9 Å². The number of hydrogen-bond acceptors (Lipinski definition) is 6. The average Bonchev–Trinajstić information content (AvgIpc) is 3.21. The Labute approximate surface area is 170 Å². The Morgan fingerprint density at radius 1 is 1.21 bits per heavy atom. The lowest BCUT2D eigenvalue weighted by atomic mass is 10.1. The Morgan fingerprint density at radius 3 is 2.72 bits per heavy atom. The van der Waals surface area contributed by atoms with E-state index in [1.54, 1.807) is 48.5 Å². The fourth-order valence-corrected chi connectivity index (χ4v) is 3.53. The number of carbonyl (C=O) groups is 1. The number of ether oxygens (including phenoxy) is 1. The van der Waals surface area contributed by atoms with Gasteiger partial charge in [-0.3, -0.25) is 14.9 Å². The van der Waals surface area contributed by atoms with Gasteiger partial charge in [0.05, 0.1) is 17.7 Å². The number of nitrogens with one attached hydrogen (secondary N) is 1. The second kappa shape index (κ2) is 8.82. The van der Waals surface area contributed by atoms with Gasteiger partial charge >= 0.3 is 0 Å². The number of nitro benzene ring substituents is 1. The number of anilines is 1. The molecule has 0 aliphatic heterocycles. The molecule has 1 amide bonds. The van der Waals surface area contributed by atoms with E-state index in [0.29, 0.717) is 21.9 Å². The predicted octanol–water partition coefficient (Wildman–Crippen LogP) is 4.88. The van der Waals surface area contributed by atoms with Gasteiger partial charge < -0.3 is 10.1 Å². The topological polar surface area (TPSA) is 105 Å². The van der Waals surface area contributed by atoms with Crippen LogP contribution in [0.1, 0.15) is 4.88 Å². The molecule has 0 fully saturated rings. The van der Waals surface area contributed by atoms with Crippen LogP contribution in [0.5, 0.6) is 5.75 Å². The number of nitriles is 1. The number of rotatable bonds is 6. The molecule has 0 bridgehead atoms. The van der Waals surface area contributed by atoms with E-state index in [0.717, 1.165) is 4.88 Å². The molecule has 2 aromatic carbocycles. The molecule has 8 heteroatoms. The first-order valence-corrected chi connectivity index (χ1v) is 9.24. The summed E-state index contributed by atoms with van der Waals surface area (Å²) in [5.74, 6) is -0.0653. The summed E-state index contributed by atoms with van der Waals surface area (Å²) in [6.07, 6.45) is 1.48. The molecule has 144 valence electrons. The van der Waals surface area contributed by atoms with Crippen molar-refractivity contribution in [1.29, 1.82) is 5.26 Å². The maximum atomic E-state index is 12.5. The first kappa shape index (κ1) is 19.8. The zero-order valence-electron chi connectivity index (χ0n) is 15.3. The highest BCUT2D eigenvalue weighted by Crippen LogP contribution is 2.31. The molecule has 0 radical (unpaired) electrons. The van der Waals surface area contributed by atoms with Gasteiger partial charge in [-0.15, -0.1) is 11.3 Å². The maximum Gasteiger partial charge on any atom is 0.270 e. The Morgan fingerprint density at radius 2 is 2.00 bits per heavy atom. The molecular weight excluding hydrogens is 390 g/mol. The third-order valence-corrected chi connectivity index (χ3v) is 5.06. The van der Waals surface area contributed by atoms with Gasteiger partial charge in [-0.1, -0.05) is 24.3 Å². The van der Waals surface area contributed by atoms with E-state index >= 15 is 0 Å². The van der Waals surface area contributed by atoms with E-state index in [9.17, 15) is 20.2 Å². The molecule has 0 aliphatic carbocycles. The third kappa shape index (κ3) is 4.66. The number of carbonyl (C=O) groups excluding carboxylic acids is 1. The number of nitro groups is 1. The summed E-state index contributed by atoms with van der Waals surface area (Å²) >= 11 is 1.33. The van der Waals surface area contributed by atoms with E-state index < -0.39 is 10.8 Å². The summed E-state index contributed by atoms with van der Waals surface area (Å²) in [7, 11) is 1.49. The Kier molecular flexibility index (Phi) is 6.02. The number of methoxy groups -OCH3 is 1. The summed E-state index contributed by atoms with van der Waals surface area (Å²) in [6.45, 7) is 0. The summed E-state index contributed by atoms with van der Waals surface area (Å²) in [4.78, 5) is 24.5. The van der Waals surface area contributed by atoms with Gasteiger partial charge in [-0.25, -0.2) is 0 Å². The standard InChI is InChI=1S/C21H15N3O4S/c1-28-19-8-3-2-7-18(19)23-21(25)15(13-22)12-17-9-10-20(29-17)14-5-4-6-16(11-14)24(26)27/h2-12H,1H3,(H,23,25)/b15-12+. The lowest BCUT2D eigenvalue weighted by Gasteiger charge is -2.08. The van der Waals surface area contributed by atoms with Crippen LogP contribution in [0.15, 0.2) is 66.2 Å². The van der Waals surface area contributed by atoms with Crippen LogP contribution < -0.4 is 10.1 Å². The van der Waals surface area contributed by atoms with Crippen LogP contribution in [0, 0.1) is 21.4 Å². The quantitative estimate of drug-likeness (QED) is 0.272. The Balaban J connectivity index is 1.83. The molecule has 0 spiro atoms. The average molecular weight is 405 g/mol. The number of para-hydroxylation sites is 2. The second-order valence-electron chi connectivity index (χ2n) is 5.83. The fourth-order valence-electron chi connectivity index (χ4n) is 2.59. The molecule has 3 rings (SSSR count). The lowest BCUT2D eigenvalue weighted by Crippen LogP contribution is -2.14. The van der Waals surface area contributed by atoms with Crippen molar-refractivity contribution in [3.63, 3.8) is 0 Å². The van der Waals surface area contributed by atoms with Crippen molar-refractivity contribution in [3.05, 3.63) is 81.2 Å². The van der Waals surface area contributed by atoms with Crippen molar-refractivity contribution in [2.24, 2.45) is 0 Å². The van der Waals surface area contributed by atoms with Crippen molar-refractivity contribution in [3.8, 4) is 22.3 Å². The number of non-ortho nitro benzene ring substituents is 1. The Hall–Kier alpha value is -3.96. The van der Waals surface area contributed by atoms with Gasteiger partial charge in [0.2, 0.25) is 0 Å². The molecule has 3 aromatic rings. The zero-order chi connectivity index (χ0) is 20.8. The number of benzene rings is 2. The van der Waals surface area contributed by atoms with Crippen molar-refractivity contribution < 1.29 is 14.5 Å². The van der Waals surface area contributed by atoms with E-state index in [-0.39, 0.29) is 11.3 Å². The van der Waals surface area contributed by atoms with Gasteiger partial charge in [0, 0.05) is 21.9 Å². The normalized spacial score (nSPS) is 10.8. The largest absolute Gasteiger partial charge is 0.495 e. The number of amides is 1. The molecule has 0 aliphatic rings. The minimum atomic E-state index is -0.553. The second-order valence-corrected chi connectivity index (χ2v) is 6.95. The van der Waals surface area contributed by atoms with Gasteiger partial charge in [-0.2, -0.15) is 5.26 Å². The van der Waals surface area contributed by atoms with Crippen molar-refractivity contribution >= 4 is 34.7 Å². The van der Waals surface area contributed by atoms with Crippen molar-refractivity contribution in [1.82, 2.24) is 0 Å². The highest BCUT2D eigenvalue weighted by molar-refractivity contribution is 7.16. The molecule has 0 atom stereocenters. The molecule has 7 nitrogen and oxygen atoms in total. The molecule has 0 saturated carbocycles. The first-order chi connectivity index (χ1) is 14.0. The molecule has 0 saturated heterocycles. The lowest BCUT2D eigenvalue weighted by molar-refractivity contribution is -0.384. The minimum absolute atomic E-state index is 0.00175. The van der Waals surface area contributed by atoms with E-state index in [1.807, 2.05) is 6.07 Å². The summed E-state index contributed by atoms with van der Waals surface area (Å²) < 4.78 is 5.19. The van der Waals surface area contributed by atoms with Crippen molar-refractivity contribution in [2.45, 2.75) is 0 Å². The third-order valence-electron chi connectivity index (χ3n) is 3.98. The van der Waals surface area contributed by atoms with Crippen LogP contribution in [0.3, 0.4) is 0 Å². The van der Waals surface area contributed by atoms with Crippen molar-refractivity contribution in [2.75, 3.05) is 12.4 Å². The molecular formula is C21H15N3O4S. The predicted molar refractivity (Wildman–Crippen MR) is 112 cm³/mol. The smallest absolute Gasteiger partial charge is 0.270 e. The SMILES string of the molecule is COc1ccccc1NC(=O)/C(C#N)=C/c1ccc(-c2cccc([N+](=O)[O-])c2)s1. The molecule has 1 aromatic heterocycles. The number of nitrogens with zero attached hydrogens (tertiary/aromatic N) is 2. The summed E-state index contributed by atoms with van der Waals surface area (Å²) in [5, 5.41) is 23.0. The van der Waals surface area contributed by atoms with E-state index in [2.05, 4.69) is 5.32 Å². The minimum Gasteiger partial charge on any atom is -0.495 e. The van der Waals surface area contributed by atoms with Gasteiger partial charge in [0.15, 0.2) is 0 Å². The van der Waals surface area contributed by atoms with E-state index in [1.165, 1.54) is 36.7 Å². The van der Waals surface area contributed by atoms with Gasteiger partial charge in [-0.05, 0) is 35.9 Å². The summed E-state index contributed by atoms with van der Waals surface area (Å²) in [5.41, 5.74) is 1.09. The zero-order valence-corrected chi connectivity index (χ0v) is 16.1. The van der Waals surface area contributed by atoms with Crippen LogP contribution in [0.4, 0.5) is 11.4 Å². The fraction of sp³-hybridized carbons (Fsp3) is 0.0476. The van der Waals surface area contributed by atoms with Gasteiger partial charge in [0.1, 0.15) is 17.4 Å². The molecule has 0 unspecified atom stereocenters. The van der Waals surface area contributed by atoms with E-state index in [4.69, 9.17) is 4.74 Å². The highest BCUT2D eigenvalue weighted by atomic mass is 32.1. The van der Waals surface area contributed by atoms with Crippen LogP contribution in [-0.2, 0) is 4.79 Å². The monoisotopic (exact) mass is 405 g/mol. The molecule has 1 N–H and O–H groups in total. The molecule has 29 heavy (non-hydrogen) atoms. The number of hydrogen-bond donors (Lipinski definition) is 1. The van der Waals surface area contributed by atoms with Crippen LogP contribution >= 0.6 is 11.3 Å². The van der Waals surface area contributed by atoms with Crippen LogP contribution in [0.25, 0.3) is 16.5 Å². The summed E-state index contributed by atoms with van der Waals surface area (Å²) in [6, 6.07) is 18.7. The van der Waals surface area contributed by atoms with Crippen LogP contribution in [0.2, 0.25) is 0 Å². The molecule has 1 heterocycles. The van der Waals surface area contributed by atoms with Gasteiger partial charge in [0.25, 0.3) is 11.6 Å². The number of thiophene rings is 1. The maximum absolute atomic E-state index is 12.5.